The lowest BCUT2D eigenvalue weighted by Crippen LogP contribution is -2.34. The minimum Gasteiger partial charge on any atom is -0.399 e. The Labute approximate surface area is 121 Å². The Morgan fingerprint density at radius 3 is 2.79 bits per heavy atom. The second-order valence-electron chi connectivity index (χ2n) is 5.41. The smallest absolute Gasteiger partial charge is 0.251 e. The van der Waals surface area contributed by atoms with Crippen LogP contribution in [0.4, 0.5) is 5.69 Å². The van der Waals surface area contributed by atoms with Gasteiger partial charge in [0.1, 0.15) is 0 Å². The maximum absolute atomic E-state index is 12.1. The van der Waals surface area contributed by atoms with Crippen LogP contribution < -0.4 is 11.1 Å². The SMILES string of the molecule is CC1CCCC(NC(=O)c2cccc(N)c2)CC1.Cl. The molecule has 2 atom stereocenters. The van der Waals surface area contributed by atoms with Gasteiger partial charge in [-0.1, -0.05) is 25.8 Å². The Hall–Kier alpha value is -1.22. The molecule has 3 nitrogen and oxygen atoms in total. The number of halogens is 1. The Bertz CT molecular complexity index is 422. The standard InChI is InChI=1S/C15H22N2O.ClH/c1-11-4-2-7-14(9-8-11)17-15(18)12-5-3-6-13(16)10-12;/h3,5-6,10-11,14H,2,4,7-9,16H2,1H3,(H,17,18);1H. The number of nitrogens with two attached hydrogens (primary N) is 1. The van der Waals surface area contributed by atoms with E-state index in [0.29, 0.717) is 17.3 Å². The topological polar surface area (TPSA) is 55.1 Å². The Morgan fingerprint density at radius 1 is 1.26 bits per heavy atom. The van der Waals surface area contributed by atoms with E-state index in [1.54, 1.807) is 12.1 Å². The first-order valence-corrected chi connectivity index (χ1v) is 6.81. The zero-order chi connectivity index (χ0) is 13.0. The number of hydrogen-bond donors (Lipinski definition) is 2. The molecule has 1 aromatic carbocycles. The predicted molar refractivity (Wildman–Crippen MR) is 81.6 cm³/mol. The van der Waals surface area contributed by atoms with Gasteiger partial charge in [-0.15, -0.1) is 12.4 Å². The number of carbonyl (C=O) groups is 1. The molecular weight excluding hydrogens is 260 g/mol. The zero-order valence-electron chi connectivity index (χ0n) is 11.4. The molecule has 106 valence electrons. The lowest BCUT2D eigenvalue weighted by atomic mass is 10.0. The molecule has 4 heteroatoms. The fraction of sp³-hybridized carbons (Fsp3) is 0.533. The summed E-state index contributed by atoms with van der Waals surface area (Å²) in [5, 5.41) is 3.13. The van der Waals surface area contributed by atoms with Gasteiger partial charge >= 0.3 is 0 Å². The highest BCUT2D eigenvalue weighted by Gasteiger charge is 2.18. The van der Waals surface area contributed by atoms with Gasteiger partial charge in [0.15, 0.2) is 0 Å². The summed E-state index contributed by atoms with van der Waals surface area (Å²) in [5.41, 5.74) is 6.99. The first-order valence-electron chi connectivity index (χ1n) is 6.81. The van der Waals surface area contributed by atoms with Crippen LogP contribution in [0.25, 0.3) is 0 Å². The van der Waals surface area contributed by atoms with Crippen LogP contribution >= 0.6 is 12.4 Å². The van der Waals surface area contributed by atoms with E-state index in [4.69, 9.17) is 5.73 Å². The summed E-state index contributed by atoms with van der Waals surface area (Å²) in [5.74, 6) is 0.793. The van der Waals surface area contributed by atoms with Crippen molar-refractivity contribution in [2.45, 2.75) is 45.1 Å². The number of benzene rings is 1. The summed E-state index contributed by atoms with van der Waals surface area (Å²) in [7, 11) is 0. The highest BCUT2D eigenvalue weighted by molar-refractivity contribution is 5.95. The minimum atomic E-state index is 0. The maximum Gasteiger partial charge on any atom is 0.251 e. The van der Waals surface area contributed by atoms with Crippen LogP contribution in [0.5, 0.6) is 0 Å². The largest absolute Gasteiger partial charge is 0.399 e. The van der Waals surface area contributed by atoms with Gasteiger partial charge < -0.3 is 11.1 Å². The zero-order valence-corrected chi connectivity index (χ0v) is 12.2. The van der Waals surface area contributed by atoms with Gasteiger partial charge in [0.2, 0.25) is 0 Å². The molecule has 1 aromatic rings. The highest BCUT2D eigenvalue weighted by atomic mass is 35.5. The minimum absolute atomic E-state index is 0. The van der Waals surface area contributed by atoms with E-state index >= 15 is 0 Å². The summed E-state index contributed by atoms with van der Waals surface area (Å²) < 4.78 is 0. The molecule has 3 N–H and O–H groups in total. The van der Waals surface area contributed by atoms with E-state index < -0.39 is 0 Å². The van der Waals surface area contributed by atoms with Crippen molar-refractivity contribution >= 4 is 24.0 Å². The molecule has 2 rings (SSSR count). The number of anilines is 1. The van der Waals surface area contributed by atoms with Crippen molar-refractivity contribution < 1.29 is 4.79 Å². The molecule has 1 aliphatic rings. The summed E-state index contributed by atoms with van der Waals surface area (Å²) in [6, 6.07) is 7.48. The Balaban J connectivity index is 0.00000180. The molecule has 0 aromatic heterocycles. The average Bonchev–Trinajstić information content (AvgIpc) is 2.54. The van der Waals surface area contributed by atoms with Gasteiger partial charge in [0.25, 0.3) is 5.91 Å². The predicted octanol–water partition coefficient (Wildman–Crippen LogP) is 3.39. The van der Waals surface area contributed by atoms with Crippen molar-refractivity contribution in [2.75, 3.05) is 5.73 Å². The molecule has 1 saturated carbocycles. The van der Waals surface area contributed by atoms with Crippen molar-refractivity contribution in [1.82, 2.24) is 5.32 Å². The number of carbonyl (C=O) groups excluding carboxylic acids is 1. The lowest BCUT2D eigenvalue weighted by molar-refractivity contribution is 0.0933. The van der Waals surface area contributed by atoms with Crippen LogP contribution in [0, 0.1) is 5.92 Å². The second-order valence-corrected chi connectivity index (χ2v) is 5.41. The third kappa shape index (κ3) is 4.75. The summed E-state index contributed by atoms with van der Waals surface area (Å²) in [4.78, 5) is 12.1. The lowest BCUT2D eigenvalue weighted by Gasteiger charge is -2.16. The van der Waals surface area contributed by atoms with E-state index in [2.05, 4.69) is 12.2 Å². The number of amides is 1. The maximum atomic E-state index is 12.1. The molecule has 1 aliphatic carbocycles. The summed E-state index contributed by atoms with van der Waals surface area (Å²) in [6.45, 7) is 2.29. The van der Waals surface area contributed by atoms with Crippen molar-refractivity contribution in [3.8, 4) is 0 Å². The quantitative estimate of drug-likeness (QED) is 0.645. The number of hydrogen-bond acceptors (Lipinski definition) is 2. The van der Waals surface area contributed by atoms with Crippen molar-refractivity contribution in [1.29, 1.82) is 0 Å². The van der Waals surface area contributed by atoms with Gasteiger partial charge in [0.05, 0.1) is 0 Å². The van der Waals surface area contributed by atoms with Crippen LogP contribution in [-0.4, -0.2) is 11.9 Å². The van der Waals surface area contributed by atoms with E-state index in [0.717, 1.165) is 18.8 Å². The fourth-order valence-electron chi connectivity index (χ4n) is 2.58. The highest BCUT2D eigenvalue weighted by Crippen LogP contribution is 2.22. The van der Waals surface area contributed by atoms with Crippen molar-refractivity contribution in [3.63, 3.8) is 0 Å². The molecule has 0 spiro atoms. The van der Waals surface area contributed by atoms with Crippen LogP contribution in [0.2, 0.25) is 0 Å². The van der Waals surface area contributed by atoms with E-state index in [1.165, 1.54) is 19.3 Å². The molecule has 1 amide bonds. The van der Waals surface area contributed by atoms with Crippen LogP contribution in [0.15, 0.2) is 24.3 Å². The molecular formula is C15H23ClN2O. The number of rotatable bonds is 2. The first kappa shape index (κ1) is 15.8. The first-order chi connectivity index (χ1) is 8.65. The van der Waals surface area contributed by atoms with Gasteiger partial charge in [-0.3, -0.25) is 4.79 Å². The molecule has 0 bridgehead atoms. The molecule has 0 heterocycles. The molecule has 0 saturated heterocycles. The Kier molecular flexibility index (Phi) is 6.16. The van der Waals surface area contributed by atoms with E-state index in [1.807, 2.05) is 12.1 Å². The van der Waals surface area contributed by atoms with Gasteiger partial charge in [-0.25, -0.2) is 0 Å². The van der Waals surface area contributed by atoms with Crippen molar-refractivity contribution in [3.05, 3.63) is 29.8 Å². The number of nitrogens with one attached hydrogen (secondary N) is 1. The van der Waals surface area contributed by atoms with Crippen LogP contribution in [0.3, 0.4) is 0 Å². The van der Waals surface area contributed by atoms with Gasteiger partial charge in [-0.05, 0) is 43.4 Å². The third-order valence-electron chi connectivity index (χ3n) is 3.74. The molecule has 19 heavy (non-hydrogen) atoms. The normalized spacial score (nSPS) is 23.0. The molecule has 1 fully saturated rings. The van der Waals surface area contributed by atoms with Crippen molar-refractivity contribution in [2.24, 2.45) is 5.92 Å². The molecule has 2 unspecified atom stereocenters. The average molecular weight is 283 g/mol. The second kappa shape index (κ2) is 7.39. The van der Waals surface area contributed by atoms with Gasteiger partial charge in [0, 0.05) is 17.3 Å². The van der Waals surface area contributed by atoms with Crippen LogP contribution in [-0.2, 0) is 0 Å². The summed E-state index contributed by atoms with van der Waals surface area (Å²) in [6.07, 6.45) is 5.89. The fourth-order valence-corrected chi connectivity index (χ4v) is 2.58. The third-order valence-corrected chi connectivity index (χ3v) is 3.74. The van der Waals surface area contributed by atoms with E-state index in [-0.39, 0.29) is 18.3 Å². The van der Waals surface area contributed by atoms with Gasteiger partial charge in [-0.2, -0.15) is 0 Å². The monoisotopic (exact) mass is 282 g/mol. The van der Waals surface area contributed by atoms with Crippen LogP contribution in [0.1, 0.15) is 49.4 Å². The summed E-state index contributed by atoms with van der Waals surface area (Å²) >= 11 is 0. The Morgan fingerprint density at radius 2 is 2.05 bits per heavy atom. The molecule has 0 radical (unpaired) electrons. The number of nitrogen functional groups attached to an aromatic ring is 1. The van der Waals surface area contributed by atoms with E-state index in [9.17, 15) is 4.79 Å². The molecule has 0 aliphatic heterocycles.